The van der Waals surface area contributed by atoms with Gasteiger partial charge in [0.15, 0.2) is 5.75 Å². The molecule has 0 radical (unpaired) electrons. The molecule has 1 aromatic rings. The molecule has 98 valence electrons. The molecule has 0 fully saturated rings. The van der Waals surface area contributed by atoms with Gasteiger partial charge in [-0.2, -0.15) is 0 Å². The van der Waals surface area contributed by atoms with Gasteiger partial charge in [-0.1, -0.05) is 6.07 Å². The third kappa shape index (κ3) is 4.04. The Kier molecular flexibility index (Phi) is 5.10. The molecule has 0 aliphatic heterocycles. The number of nitro groups is 1. The number of rotatable bonds is 6. The Bertz CT molecular complexity index is 444. The molecule has 0 aliphatic carbocycles. The first kappa shape index (κ1) is 14.0. The maximum atomic E-state index is 11.1. The fourth-order valence-electron chi connectivity index (χ4n) is 1.37. The molecule has 0 aromatic heterocycles. The summed E-state index contributed by atoms with van der Waals surface area (Å²) in [6, 6.07) is 4.59. The van der Waals surface area contributed by atoms with Gasteiger partial charge in [-0.15, -0.1) is 0 Å². The third-order valence-electron chi connectivity index (χ3n) is 2.18. The van der Waals surface area contributed by atoms with E-state index in [2.05, 4.69) is 0 Å². The van der Waals surface area contributed by atoms with E-state index in [0.717, 1.165) is 5.56 Å². The highest BCUT2D eigenvalue weighted by Gasteiger charge is 2.15. The van der Waals surface area contributed by atoms with Crippen LogP contribution < -0.4 is 4.74 Å². The monoisotopic (exact) mass is 253 g/mol. The first-order valence-electron chi connectivity index (χ1n) is 5.58. The van der Waals surface area contributed by atoms with Crippen LogP contribution in [0.25, 0.3) is 0 Å². The second kappa shape index (κ2) is 6.58. The number of hydrogen-bond donors (Lipinski definition) is 0. The van der Waals surface area contributed by atoms with E-state index in [1.807, 2.05) is 6.92 Å². The predicted molar refractivity (Wildman–Crippen MR) is 64.6 cm³/mol. The van der Waals surface area contributed by atoms with Gasteiger partial charge in [-0.05, 0) is 25.5 Å². The van der Waals surface area contributed by atoms with Crippen LogP contribution in [0.4, 0.5) is 5.69 Å². The standard InChI is InChI=1S/C12H15NO5/c1-3-17-12(14)6-7-18-11-8-9(2)4-5-10(11)13(15)16/h4-5,8H,3,6-7H2,1-2H3. The van der Waals surface area contributed by atoms with E-state index in [9.17, 15) is 14.9 Å². The van der Waals surface area contributed by atoms with E-state index in [-0.39, 0.29) is 30.4 Å². The Morgan fingerprint density at radius 1 is 1.44 bits per heavy atom. The number of aryl methyl sites for hydroxylation is 1. The average molecular weight is 253 g/mol. The van der Waals surface area contributed by atoms with Gasteiger partial charge in [-0.25, -0.2) is 0 Å². The van der Waals surface area contributed by atoms with Crippen LogP contribution in [0.15, 0.2) is 18.2 Å². The first-order valence-corrected chi connectivity index (χ1v) is 5.58. The van der Waals surface area contributed by atoms with E-state index in [4.69, 9.17) is 9.47 Å². The van der Waals surface area contributed by atoms with Gasteiger partial charge < -0.3 is 9.47 Å². The molecule has 0 heterocycles. The van der Waals surface area contributed by atoms with E-state index in [1.165, 1.54) is 6.07 Å². The summed E-state index contributed by atoms with van der Waals surface area (Å²) in [6.07, 6.45) is 0.0684. The molecule has 0 saturated carbocycles. The van der Waals surface area contributed by atoms with Crippen molar-refractivity contribution in [2.45, 2.75) is 20.3 Å². The van der Waals surface area contributed by atoms with Crippen molar-refractivity contribution in [1.82, 2.24) is 0 Å². The Hall–Kier alpha value is -2.11. The summed E-state index contributed by atoms with van der Waals surface area (Å²) in [6.45, 7) is 3.89. The molecule has 0 atom stereocenters. The minimum absolute atomic E-state index is 0.0587. The van der Waals surface area contributed by atoms with Gasteiger partial charge in [0.05, 0.1) is 24.6 Å². The zero-order valence-corrected chi connectivity index (χ0v) is 10.3. The second-order valence-corrected chi connectivity index (χ2v) is 3.63. The molecule has 0 aliphatic rings. The maximum absolute atomic E-state index is 11.1. The normalized spacial score (nSPS) is 9.89. The topological polar surface area (TPSA) is 78.7 Å². The number of carbonyl (C=O) groups excluding carboxylic acids is 1. The molecule has 6 heteroatoms. The zero-order chi connectivity index (χ0) is 13.5. The molecule has 1 rings (SSSR count). The molecule has 0 N–H and O–H groups in total. The molecule has 18 heavy (non-hydrogen) atoms. The first-order chi connectivity index (χ1) is 8.54. The van der Waals surface area contributed by atoms with Crippen molar-refractivity contribution in [1.29, 1.82) is 0 Å². The van der Waals surface area contributed by atoms with Crippen molar-refractivity contribution >= 4 is 11.7 Å². The van der Waals surface area contributed by atoms with E-state index < -0.39 is 4.92 Å². The highest BCUT2D eigenvalue weighted by Crippen LogP contribution is 2.27. The van der Waals surface area contributed by atoms with Gasteiger partial charge >= 0.3 is 11.7 Å². The fourth-order valence-corrected chi connectivity index (χ4v) is 1.37. The van der Waals surface area contributed by atoms with Gasteiger partial charge in [0.2, 0.25) is 0 Å². The van der Waals surface area contributed by atoms with Gasteiger partial charge in [-0.3, -0.25) is 14.9 Å². The molecular formula is C12H15NO5. The number of ether oxygens (including phenoxy) is 2. The summed E-state index contributed by atoms with van der Waals surface area (Å²) < 4.78 is 9.98. The highest BCUT2D eigenvalue weighted by atomic mass is 16.6. The van der Waals surface area contributed by atoms with Crippen LogP contribution in [0, 0.1) is 17.0 Å². The lowest BCUT2D eigenvalue weighted by Gasteiger charge is -2.07. The molecule has 0 amide bonds. The van der Waals surface area contributed by atoms with Crippen LogP contribution in [0.3, 0.4) is 0 Å². The predicted octanol–water partition coefficient (Wildman–Crippen LogP) is 2.24. The lowest BCUT2D eigenvalue weighted by atomic mass is 10.2. The average Bonchev–Trinajstić information content (AvgIpc) is 2.29. The number of esters is 1. The van der Waals surface area contributed by atoms with Crippen molar-refractivity contribution in [3.8, 4) is 5.75 Å². The van der Waals surface area contributed by atoms with Crippen molar-refractivity contribution < 1.29 is 19.2 Å². The lowest BCUT2D eigenvalue weighted by molar-refractivity contribution is -0.385. The zero-order valence-electron chi connectivity index (χ0n) is 10.3. The summed E-state index contributed by atoms with van der Waals surface area (Å²) >= 11 is 0. The van der Waals surface area contributed by atoms with E-state index >= 15 is 0 Å². The Labute approximate surface area is 105 Å². The molecule has 1 aromatic carbocycles. The third-order valence-corrected chi connectivity index (χ3v) is 2.18. The Morgan fingerprint density at radius 2 is 2.17 bits per heavy atom. The number of nitrogens with zero attached hydrogens (tertiary/aromatic N) is 1. The second-order valence-electron chi connectivity index (χ2n) is 3.63. The molecule has 0 unspecified atom stereocenters. The summed E-state index contributed by atoms with van der Waals surface area (Å²) in [7, 11) is 0. The van der Waals surface area contributed by atoms with Crippen molar-refractivity contribution in [2.75, 3.05) is 13.2 Å². The van der Waals surface area contributed by atoms with Crippen LogP contribution >= 0.6 is 0 Å². The van der Waals surface area contributed by atoms with Gasteiger partial charge in [0, 0.05) is 6.07 Å². The van der Waals surface area contributed by atoms with E-state index in [1.54, 1.807) is 19.1 Å². The summed E-state index contributed by atoms with van der Waals surface area (Å²) in [5.74, 6) is -0.211. The van der Waals surface area contributed by atoms with E-state index in [0.29, 0.717) is 6.61 Å². The molecule has 0 bridgehead atoms. The minimum atomic E-state index is -0.515. The van der Waals surface area contributed by atoms with Crippen molar-refractivity contribution in [2.24, 2.45) is 0 Å². The molecular weight excluding hydrogens is 238 g/mol. The summed E-state index contributed by atoms with van der Waals surface area (Å²) in [5, 5.41) is 10.8. The number of nitro benzene ring substituents is 1. The lowest BCUT2D eigenvalue weighted by Crippen LogP contribution is -2.10. The number of hydrogen-bond acceptors (Lipinski definition) is 5. The van der Waals surface area contributed by atoms with Crippen LogP contribution in [0.5, 0.6) is 5.75 Å². The van der Waals surface area contributed by atoms with Crippen LogP contribution in [0.2, 0.25) is 0 Å². The van der Waals surface area contributed by atoms with Gasteiger partial charge in [0.25, 0.3) is 0 Å². The minimum Gasteiger partial charge on any atom is -0.486 e. The smallest absolute Gasteiger partial charge is 0.310 e. The number of carbonyl (C=O) groups is 1. The molecule has 0 spiro atoms. The quantitative estimate of drug-likeness (QED) is 0.441. The largest absolute Gasteiger partial charge is 0.486 e. The van der Waals surface area contributed by atoms with Crippen molar-refractivity contribution in [3.63, 3.8) is 0 Å². The SMILES string of the molecule is CCOC(=O)CCOc1cc(C)ccc1[N+](=O)[O-]. The Balaban J connectivity index is 2.63. The Morgan fingerprint density at radius 3 is 2.78 bits per heavy atom. The van der Waals surface area contributed by atoms with Crippen molar-refractivity contribution in [3.05, 3.63) is 33.9 Å². The summed E-state index contributed by atoms with van der Waals surface area (Å²) in [4.78, 5) is 21.3. The van der Waals surface area contributed by atoms with Gasteiger partial charge in [0.1, 0.15) is 0 Å². The fraction of sp³-hybridized carbons (Fsp3) is 0.417. The van der Waals surface area contributed by atoms with Crippen LogP contribution in [-0.2, 0) is 9.53 Å². The highest BCUT2D eigenvalue weighted by molar-refractivity contribution is 5.69. The summed E-state index contributed by atoms with van der Waals surface area (Å²) in [5.41, 5.74) is 0.746. The molecule has 0 saturated heterocycles. The van der Waals surface area contributed by atoms with Crippen LogP contribution in [0.1, 0.15) is 18.9 Å². The molecule has 6 nitrogen and oxygen atoms in total. The number of benzene rings is 1. The van der Waals surface area contributed by atoms with Crippen LogP contribution in [-0.4, -0.2) is 24.1 Å². The maximum Gasteiger partial charge on any atom is 0.310 e.